The first-order valence-electron chi connectivity index (χ1n) is 7.64. The fourth-order valence-corrected chi connectivity index (χ4v) is 3.77. The minimum absolute atomic E-state index is 0.0248. The minimum atomic E-state index is 0.0248. The van der Waals surface area contributed by atoms with Crippen molar-refractivity contribution in [1.82, 2.24) is 15.5 Å². The number of thiophene rings is 1. The molecule has 0 spiro atoms. The molecule has 0 aliphatic carbocycles. The standard InChI is InChI=1S/C16H21N3O2S/c1-11-4-5-14(22-11)7-15(20)17-8-12-3-2-6-21-16(12)13-9-18-19-10-13/h4-5,9-10,12,16H,2-3,6-8H2,1H3,(H,17,20)(H,18,19)/t12-,16+/m0/s1. The van der Waals surface area contributed by atoms with Crippen molar-refractivity contribution in [3.05, 3.63) is 39.8 Å². The van der Waals surface area contributed by atoms with Gasteiger partial charge >= 0.3 is 0 Å². The Morgan fingerprint density at radius 3 is 3.18 bits per heavy atom. The number of nitrogens with zero attached hydrogens (tertiary/aromatic N) is 1. The monoisotopic (exact) mass is 319 g/mol. The number of aryl methyl sites for hydroxylation is 1. The number of carbonyl (C=O) groups is 1. The number of H-pyrrole nitrogens is 1. The summed E-state index contributed by atoms with van der Waals surface area (Å²) in [6.07, 6.45) is 6.27. The zero-order valence-corrected chi connectivity index (χ0v) is 13.5. The number of hydrogen-bond acceptors (Lipinski definition) is 4. The molecule has 0 bridgehead atoms. The van der Waals surface area contributed by atoms with Gasteiger partial charge in [-0.2, -0.15) is 5.10 Å². The Hall–Kier alpha value is -1.66. The molecule has 1 aliphatic rings. The number of ether oxygens (including phenoxy) is 1. The topological polar surface area (TPSA) is 67.0 Å². The van der Waals surface area contributed by atoms with Crippen LogP contribution in [0.1, 0.15) is 34.3 Å². The first-order valence-corrected chi connectivity index (χ1v) is 8.46. The van der Waals surface area contributed by atoms with Gasteiger partial charge < -0.3 is 10.1 Å². The number of amides is 1. The zero-order chi connectivity index (χ0) is 15.4. The van der Waals surface area contributed by atoms with Crippen LogP contribution in [0.5, 0.6) is 0 Å². The molecule has 0 unspecified atom stereocenters. The Kier molecular flexibility index (Phi) is 4.90. The first-order chi connectivity index (χ1) is 10.7. The fourth-order valence-electron chi connectivity index (χ4n) is 2.88. The molecule has 2 N–H and O–H groups in total. The van der Waals surface area contributed by atoms with Crippen LogP contribution < -0.4 is 5.32 Å². The van der Waals surface area contributed by atoms with E-state index in [2.05, 4.69) is 28.5 Å². The van der Waals surface area contributed by atoms with Gasteiger partial charge in [0.05, 0.1) is 18.7 Å². The Bertz CT molecular complexity index is 609. The second-order valence-electron chi connectivity index (χ2n) is 5.72. The summed E-state index contributed by atoms with van der Waals surface area (Å²) in [4.78, 5) is 14.4. The lowest BCUT2D eigenvalue weighted by molar-refractivity contribution is -0.121. The Balaban J connectivity index is 1.53. The third kappa shape index (κ3) is 3.75. The highest BCUT2D eigenvalue weighted by molar-refractivity contribution is 7.12. The lowest BCUT2D eigenvalue weighted by Crippen LogP contribution is -2.35. The number of hydrogen-bond donors (Lipinski definition) is 2. The average Bonchev–Trinajstić information content (AvgIpc) is 3.17. The van der Waals surface area contributed by atoms with Crippen molar-refractivity contribution in [3.63, 3.8) is 0 Å². The van der Waals surface area contributed by atoms with Gasteiger partial charge in [0.25, 0.3) is 0 Å². The van der Waals surface area contributed by atoms with E-state index in [0.717, 1.165) is 29.9 Å². The van der Waals surface area contributed by atoms with Gasteiger partial charge in [0.2, 0.25) is 5.91 Å². The van der Waals surface area contributed by atoms with Gasteiger partial charge in [-0.1, -0.05) is 0 Å². The van der Waals surface area contributed by atoms with Gasteiger partial charge in [0.15, 0.2) is 0 Å². The summed E-state index contributed by atoms with van der Waals surface area (Å²) in [7, 11) is 0. The largest absolute Gasteiger partial charge is 0.373 e. The molecule has 1 aliphatic heterocycles. The van der Waals surface area contributed by atoms with Crippen molar-refractivity contribution in [1.29, 1.82) is 0 Å². The van der Waals surface area contributed by atoms with Crippen molar-refractivity contribution < 1.29 is 9.53 Å². The Labute approximate surface area is 134 Å². The molecular weight excluding hydrogens is 298 g/mol. The van der Waals surface area contributed by atoms with Gasteiger partial charge in [-0.25, -0.2) is 0 Å². The highest BCUT2D eigenvalue weighted by atomic mass is 32.1. The molecule has 3 heterocycles. The van der Waals surface area contributed by atoms with E-state index in [9.17, 15) is 4.79 Å². The quantitative estimate of drug-likeness (QED) is 0.890. The molecule has 0 radical (unpaired) electrons. The van der Waals surface area contributed by atoms with E-state index in [1.165, 1.54) is 4.88 Å². The summed E-state index contributed by atoms with van der Waals surface area (Å²) in [5.74, 6) is 0.388. The second kappa shape index (κ2) is 7.07. The van der Waals surface area contributed by atoms with Crippen LogP contribution in [0, 0.1) is 12.8 Å². The molecule has 3 rings (SSSR count). The zero-order valence-electron chi connectivity index (χ0n) is 12.7. The second-order valence-corrected chi connectivity index (χ2v) is 7.09. The van der Waals surface area contributed by atoms with Gasteiger partial charge in [-0.15, -0.1) is 11.3 Å². The van der Waals surface area contributed by atoms with E-state index in [-0.39, 0.29) is 12.0 Å². The maximum atomic E-state index is 12.1. The van der Waals surface area contributed by atoms with E-state index < -0.39 is 0 Å². The molecule has 6 heteroatoms. The molecule has 2 atom stereocenters. The van der Waals surface area contributed by atoms with Crippen LogP contribution in [0.3, 0.4) is 0 Å². The van der Waals surface area contributed by atoms with Crippen molar-refractivity contribution in [2.24, 2.45) is 5.92 Å². The van der Waals surface area contributed by atoms with E-state index in [4.69, 9.17) is 4.74 Å². The summed E-state index contributed by atoms with van der Waals surface area (Å²) in [5.41, 5.74) is 1.06. The predicted octanol–water partition coefficient (Wildman–Crippen LogP) is 2.61. The maximum absolute atomic E-state index is 12.1. The van der Waals surface area contributed by atoms with Gasteiger partial charge in [-0.3, -0.25) is 9.89 Å². The highest BCUT2D eigenvalue weighted by Crippen LogP contribution is 2.32. The van der Waals surface area contributed by atoms with E-state index in [1.54, 1.807) is 17.5 Å². The number of carbonyl (C=O) groups excluding carboxylic acids is 1. The van der Waals surface area contributed by atoms with Crippen molar-refractivity contribution >= 4 is 17.2 Å². The van der Waals surface area contributed by atoms with E-state index in [0.29, 0.717) is 18.9 Å². The van der Waals surface area contributed by atoms with Crippen LogP contribution in [0.15, 0.2) is 24.5 Å². The molecule has 1 fully saturated rings. The minimum Gasteiger partial charge on any atom is -0.373 e. The number of aromatic amines is 1. The summed E-state index contributed by atoms with van der Waals surface area (Å²) in [6, 6.07) is 4.08. The number of aromatic nitrogens is 2. The maximum Gasteiger partial charge on any atom is 0.225 e. The molecule has 0 saturated carbocycles. The van der Waals surface area contributed by atoms with Crippen molar-refractivity contribution in [2.45, 2.75) is 32.3 Å². The molecule has 2 aromatic heterocycles. The fraction of sp³-hybridized carbons (Fsp3) is 0.500. The third-order valence-corrected chi connectivity index (χ3v) is 4.99. The smallest absolute Gasteiger partial charge is 0.225 e. The van der Waals surface area contributed by atoms with Crippen LogP contribution in [-0.4, -0.2) is 29.3 Å². The highest BCUT2D eigenvalue weighted by Gasteiger charge is 2.28. The molecular formula is C16H21N3O2S. The molecule has 1 saturated heterocycles. The van der Waals surface area contributed by atoms with Gasteiger partial charge in [0.1, 0.15) is 0 Å². The average molecular weight is 319 g/mol. The summed E-state index contributed by atoms with van der Waals surface area (Å²) in [5, 5.41) is 9.88. The van der Waals surface area contributed by atoms with Crippen molar-refractivity contribution in [2.75, 3.05) is 13.2 Å². The lowest BCUT2D eigenvalue weighted by Gasteiger charge is -2.31. The van der Waals surface area contributed by atoms with Crippen LogP contribution in [0.2, 0.25) is 0 Å². The number of rotatable bonds is 5. The molecule has 22 heavy (non-hydrogen) atoms. The third-order valence-electron chi connectivity index (χ3n) is 3.98. The molecule has 118 valence electrons. The molecule has 5 nitrogen and oxygen atoms in total. The van der Waals surface area contributed by atoms with E-state index in [1.807, 2.05) is 12.3 Å². The van der Waals surface area contributed by atoms with E-state index >= 15 is 0 Å². The predicted molar refractivity (Wildman–Crippen MR) is 85.8 cm³/mol. The molecule has 1 amide bonds. The summed E-state index contributed by atoms with van der Waals surface area (Å²) >= 11 is 1.68. The lowest BCUT2D eigenvalue weighted by atomic mass is 9.91. The van der Waals surface area contributed by atoms with Crippen LogP contribution in [-0.2, 0) is 16.0 Å². The van der Waals surface area contributed by atoms with Gasteiger partial charge in [-0.05, 0) is 31.9 Å². The normalized spacial score (nSPS) is 21.7. The Morgan fingerprint density at radius 1 is 1.55 bits per heavy atom. The first kappa shape index (κ1) is 15.2. The summed E-state index contributed by atoms with van der Waals surface area (Å²) < 4.78 is 5.88. The van der Waals surface area contributed by atoms with Crippen LogP contribution in [0.4, 0.5) is 0 Å². The SMILES string of the molecule is Cc1ccc(CC(=O)NC[C@@H]2CCCO[C@H]2c2cn[nH]c2)s1. The van der Waals surface area contributed by atoms with Crippen molar-refractivity contribution in [3.8, 4) is 0 Å². The molecule has 2 aromatic rings. The summed E-state index contributed by atoms with van der Waals surface area (Å²) in [6.45, 7) is 3.48. The van der Waals surface area contributed by atoms with Crippen LogP contribution in [0.25, 0.3) is 0 Å². The number of nitrogens with one attached hydrogen (secondary N) is 2. The van der Waals surface area contributed by atoms with Gasteiger partial charge in [0, 0.05) is 40.6 Å². The molecule has 0 aromatic carbocycles. The Morgan fingerprint density at radius 2 is 2.45 bits per heavy atom. The van der Waals surface area contributed by atoms with Crippen LogP contribution >= 0.6 is 11.3 Å².